The molecule has 96 valence electrons. The van der Waals surface area contributed by atoms with Crippen LogP contribution in [0.2, 0.25) is 0 Å². The third-order valence-corrected chi connectivity index (χ3v) is 4.04. The molecule has 1 atom stereocenters. The van der Waals surface area contributed by atoms with Gasteiger partial charge in [0.15, 0.2) is 0 Å². The molecule has 17 heavy (non-hydrogen) atoms. The van der Waals surface area contributed by atoms with Gasteiger partial charge < -0.3 is 14.6 Å². The van der Waals surface area contributed by atoms with E-state index in [1.807, 2.05) is 0 Å². The van der Waals surface area contributed by atoms with E-state index in [0.717, 1.165) is 6.54 Å². The molecular weight excluding hydrogens is 242 g/mol. The summed E-state index contributed by atoms with van der Waals surface area (Å²) in [4.78, 5) is 0.289. The zero-order chi connectivity index (χ0) is 12.3. The Labute approximate surface area is 101 Å². The molecule has 6 nitrogen and oxygen atoms in total. The number of nitrogens with one attached hydrogen (secondary N) is 2. The van der Waals surface area contributed by atoms with Crippen molar-refractivity contribution in [3.8, 4) is 0 Å². The van der Waals surface area contributed by atoms with Gasteiger partial charge in [0.2, 0.25) is 10.0 Å². The Kier molecular flexibility index (Phi) is 3.82. The predicted molar refractivity (Wildman–Crippen MR) is 63.2 cm³/mol. The zero-order valence-corrected chi connectivity index (χ0v) is 10.5. The Balaban J connectivity index is 1.93. The lowest BCUT2D eigenvalue weighted by atomic mass is 10.3. The first kappa shape index (κ1) is 12.6. The van der Waals surface area contributed by atoms with Gasteiger partial charge in [-0.1, -0.05) is 0 Å². The third kappa shape index (κ3) is 3.29. The van der Waals surface area contributed by atoms with Gasteiger partial charge in [-0.3, -0.25) is 0 Å². The Bertz CT molecular complexity index is 463. The average Bonchev–Trinajstić information content (AvgIpc) is 2.76. The van der Waals surface area contributed by atoms with E-state index in [1.54, 1.807) is 30.1 Å². The standard InChI is InChI=1S/C10H17N3O3S/c1-13-4-2-10(7-13)17(14,15)12-6-9-8-16-5-3-11-9/h2,4,7,9,11-12H,3,5-6,8H2,1H3. The molecule has 1 aromatic rings. The van der Waals surface area contributed by atoms with Gasteiger partial charge in [-0.25, -0.2) is 13.1 Å². The lowest BCUT2D eigenvalue weighted by molar-refractivity contribution is 0.0784. The van der Waals surface area contributed by atoms with E-state index in [0.29, 0.717) is 19.8 Å². The van der Waals surface area contributed by atoms with Gasteiger partial charge in [0.25, 0.3) is 0 Å². The number of hydrogen-bond donors (Lipinski definition) is 2. The van der Waals surface area contributed by atoms with Crippen LogP contribution in [-0.2, 0) is 21.8 Å². The average molecular weight is 259 g/mol. The molecular formula is C10H17N3O3S. The molecule has 0 radical (unpaired) electrons. The molecule has 1 aliphatic rings. The molecule has 2 heterocycles. The highest BCUT2D eigenvalue weighted by atomic mass is 32.2. The summed E-state index contributed by atoms with van der Waals surface area (Å²) in [5, 5.41) is 3.19. The van der Waals surface area contributed by atoms with Gasteiger partial charge >= 0.3 is 0 Å². The maximum atomic E-state index is 11.9. The summed E-state index contributed by atoms with van der Waals surface area (Å²) >= 11 is 0. The molecule has 2 rings (SSSR count). The first-order valence-corrected chi connectivity index (χ1v) is 6.99. The quantitative estimate of drug-likeness (QED) is 0.749. The van der Waals surface area contributed by atoms with E-state index in [2.05, 4.69) is 10.0 Å². The van der Waals surface area contributed by atoms with Crippen LogP contribution in [0.3, 0.4) is 0 Å². The van der Waals surface area contributed by atoms with Crippen LogP contribution in [0.4, 0.5) is 0 Å². The van der Waals surface area contributed by atoms with Crippen LogP contribution in [0.1, 0.15) is 0 Å². The van der Waals surface area contributed by atoms with Crippen LogP contribution in [0.25, 0.3) is 0 Å². The van der Waals surface area contributed by atoms with E-state index >= 15 is 0 Å². The van der Waals surface area contributed by atoms with E-state index in [9.17, 15) is 8.42 Å². The van der Waals surface area contributed by atoms with E-state index in [1.165, 1.54) is 0 Å². The second kappa shape index (κ2) is 5.18. The summed E-state index contributed by atoms with van der Waals surface area (Å²) in [6.07, 6.45) is 3.28. The van der Waals surface area contributed by atoms with Gasteiger partial charge in [-0.15, -0.1) is 0 Å². The van der Waals surface area contributed by atoms with Crippen LogP contribution in [0, 0.1) is 0 Å². The molecule has 2 N–H and O–H groups in total. The van der Waals surface area contributed by atoms with Crippen molar-refractivity contribution in [1.82, 2.24) is 14.6 Å². The maximum absolute atomic E-state index is 11.9. The minimum Gasteiger partial charge on any atom is -0.378 e. The fourth-order valence-corrected chi connectivity index (χ4v) is 2.81. The van der Waals surface area contributed by atoms with Crippen molar-refractivity contribution in [3.05, 3.63) is 18.5 Å². The fourth-order valence-electron chi connectivity index (χ4n) is 1.68. The number of aryl methyl sites for hydroxylation is 1. The van der Waals surface area contributed by atoms with Gasteiger partial charge in [0.05, 0.1) is 18.1 Å². The number of hydrogen-bond acceptors (Lipinski definition) is 4. The highest BCUT2D eigenvalue weighted by Gasteiger charge is 2.19. The summed E-state index contributed by atoms with van der Waals surface area (Å²) in [7, 11) is -1.62. The summed E-state index contributed by atoms with van der Waals surface area (Å²) in [6, 6.07) is 1.62. The number of sulfonamides is 1. The van der Waals surface area contributed by atoms with Crippen LogP contribution < -0.4 is 10.0 Å². The van der Waals surface area contributed by atoms with Crippen LogP contribution in [0.5, 0.6) is 0 Å². The summed E-state index contributed by atoms with van der Waals surface area (Å²) < 4.78 is 33.3. The Morgan fingerprint density at radius 2 is 2.47 bits per heavy atom. The number of morpholine rings is 1. The fraction of sp³-hybridized carbons (Fsp3) is 0.600. The van der Waals surface area contributed by atoms with Crippen LogP contribution in [-0.4, -0.2) is 45.3 Å². The number of rotatable bonds is 4. The van der Waals surface area contributed by atoms with E-state index < -0.39 is 10.0 Å². The Hall–Kier alpha value is -0.890. The van der Waals surface area contributed by atoms with Crippen LogP contribution in [0.15, 0.2) is 23.4 Å². The van der Waals surface area contributed by atoms with Gasteiger partial charge in [-0.05, 0) is 6.07 Å². The second-order valence-corrected chi connectivity index (χ2v) is 5.86. The van der Waals surface area contributed by atoms with Crippen molar-refractivity contribution in [2.45, 2.75) is 10.9 Å². The van der Waals surface area contributed by atoms with Crippen LogP contribution >= 0.6 is 0 Å². The van der Waals surface area contributed by atoms with Gasteiger partial charge in [-0.2, -0.15) is 0 Å². The molecule has 0 aliphatic carbocycles. The minimum absolute atomic E-state index is 0.0437. The zero-order valence-electron chi connectivity index (χ0n) is 9.72. The largest absolute Gasteiger partial charge is 0.378 e. The van der Waals surface area contributed by atoms with E-state index in [4.69, 9.17) is 4.74 Å². The predicted octanol–water partition coefficient (Wildman–Crippen LogP) is -0.708. The number of aromatic nitrogens is 1. The summed E-state index contributed by atoms with van der Waals surface area (Å²) in [5.74, 6) is 0. The molecule has 0 bridgehead atoms. The SMILES string of the molecule is Cn1ccc(S(=O)(=O)NCC2COCCN2)c1. The van der Waals surface area contributed by atoms with E-state index in [-0.39, 0.29) is 10.9 Å². The minimum atomic E-state index is -3.41. The maximum Gasteiger partial charge on any atom is 0.242 e. The third-order valence-electron chi connectivity index (χ3n) is 2.63. The van der Waals surface area contributed by atoms with Gasteiger partial charge in [0.1, 0.15) is 0 Å². The second-order valence-electron chi connectivity index (χ2n) is 4.09. The first-order valence-electron chi connectivity index (χ1n) is 5.51. The molecule has 0 aromatic carbocycles. The number of nitrogens with zero attached hydrogens (tertiary/aromatic N) is 1. The van der Waals surface area contributed by atoms with Crippen molar-refractivity contribution in [3.63, 3.8) is 0 Å². The molecule has 1 unspecified atom stereocenters. The smallest absolute Gasteiger partial charge is 0.242 e. The molecule has 1 saturated heterocycles. The van der Waals surface area contributed by atoms with Gasteiger partial charge in [0, 0.05) is 38.6 Å². The highest BCUT2D eigenvalue weighted by Crippen LogP contribution is 2.08. The van der Waals surface area contributed by atoms with Crippen molar-refractivity contribution in [1.29, 1.82) is 0 Å². The molecule has 1 aromatic heterocycles. The van der Waals surface area contributed by atoms with Crippen molar-refractivity contribution < 1.29 is 13.2 Å². The first-order chi connectivity index (χ1) is 8.08. The number of ether oxygens (including phenoxy) is 1. The topological polar surface area (TPSA) is 72.4 Å². The molecule has 1 fully saturated rings. The highest BCUT2D eigenvalue weighted by molar-refractivity contribution is 7.89. The lowest BCUT2D eigenvalue weighted by Gasteiger charge is -2.23. The lowest BCUT2D eigenvalue weighted by Crippen LogP contribution is -2.48. The van der Waals surface area contributed by atoms with Crippen molar-refractivity contribution in [2.75, 3.05) is 26.3 Å². The Morgan fingerprint density at radius 1 is 1.65 bits per heavy atom. The summed E-state index contributed by atoms with van der Waals surface area (Å²) in [6.45, 7) is 2.33. The molecule has 0 spiro atoms. The molecule has 7 heteroatoms. The monoisotopic (exact) mass is 259 g/mol. The van der Waals surface area contributed by atoms with Crippen molar-refractivity contribution in [2.24, 2.45) is 7.05 Å². The molecule has 0 saturated carbocycles. The Morgan fingerprint density at radius 3 is 3.06 bits per heavy atom. The molecule has 0 amide bonds. The molecule has 1 aliphatic heterocycles. The normalized spacial score (nSPS) is 21.6. The van der Waals surface area contributed by atoms with Crippen molar-refractivity contribution >= 4 is 10.0 Å². The summed E-state index contributed by atoms with van der Waals surface area (Å²) in [5.41, 5.74) is 0.